The molecule has 0 saturated heterocycles. The van der Waals surface area contributed by atoms with Gasteiger partial charge in [-0.3, -0.25) is 4.79 Å². The zero-order valence-corrected chi connectivity index (χ0v) is 10.0. The smallest absolute Gasteiger partial charge is 0.312 e. The number of rotatable bonds is 5. The molecule has 0 bridgehead atoms. The molecular formula is C13H18O3. The highest BCUT2D eigenvalue weighted by Crippen LogP contribution is 2.21. The monoisotopic (exact) mass is 222 g/mol. The summed E-state index contributed by atoms with van der Waals surface area (Å²) in [6.07, 6.45) is 0.969. The van der Waals surface area contributed by atoms with E-state index in [4.69, 9.17) is 9.47 Å². The largest absolute Gasteiger partial charge is 0.494 e. The van der Waals surface area contributed by atoms with Crippen molar-refractivity contribution >= 4 is 5.97 Å². The molecular weight excluding hydrogens is 204 g/mol. The van der Waals surface area contributed by atoms with Crippen LogP contribution in [0.25, 0.3) is 0 Å². The maximum absolute atomic E-state index is 11.4. The lowest BCUT2D eigenvalue weighted by molar-refractivity contribution is -0.141. The van der Waals surface area contributed by atoms with Crippen LogP contribution >= 0.6 is 0 Å². The van der Waals surface area contributed by atoms with Crippen LogP contribution in [-0.2, 0) is 9.53 Å². The van der Waals surface area contributed by atoms with Crippen LogP contribution in [0.3, 0.4) is 0 Å². The van der Waals surface area contributed by atoms with Crippen molar-refractivity contribution in [3.63, 3.8) is 0 Å². The van der Waals surface area contributed by atoms with E-state index >= 15 is 0 Å². The lowest BCUT2D eigenvalue weighted by atomic mass is 10.0. The van der Waals surface area contributed by atoms with Crippen molar-refractivity contribution in [1.82, 2.24) is 0 Å². The molecule has 1 atom stereocenters. The number of hydrogen-bond acceptors (Lipinski definition) is 3. The number of esters is 1. The second-order valence-electron chi connectivity index (χ2n) is 3.67. The molecule has 0 heterocycles. The predicted octanol–water partition coefficient (Wildman–Crippen LogP) is 2.75. The topological polar surface area (TPSA) is 35.5 Å². The second-order valence-corrected chi connectivity index (χ2v) is 3.67. The third-order valence-corrected chi connectivity index (χ3v) is 2.39. The minimum atomic E-state index is -0.254. The fourth-order valence-corrected chi connectivity index (χ4v) is 1.41. The molecule has 0 aliphatic heterocycles. The molecule has 3 heteroatoms. The maximum atomic E-state index is 11.4. The van der Waals surface area contributed by atoms with Gasteiger partial charge < -0.3 is 9.47 Å². The standard InChI is InChI=1S/C13H18O3/c1-4-8-16-12-7-5-6-11(9-12)10(2)13(14)15-3/h5-7,9-10H,4,8H2,1-3H3. The van der Waals surface area contributed by atoms with E-state index in [0.717, 1.165) is 17.7 Å². The maximum Gasteiger partial charge on any atom is 0.312 e. The zero-order chi connectivity index (χ0) is 12.0. The average molecular weight is 222 g/mol. The molecule has 3 nitrogen and oxygen atoms in total. The van der Waals surface area contributed by atoms with Gasteiger partial charge in [0.2, 0.25) is 0 Å². The average Bonchev–Trinajstić information content (AvgIpc) is 2.34. The first-order valence-corrected chi connectivity index (χ1v) is 5.49. The highest BCUT2D eigenvalue weighted by atomic mass is 16.5. The summed E-state index contributed by atoms with van der Waals surface area (Å²) in [5.41, 5.74) is 0.917. The summed E-state index contributed by atoms with van der Waals surface area (Å²) in [4.78, 5) is 11.4. The lowest BCUT2D eigenvalue weighted by Crippen LogP contribution is -2.10. The minimum Gasteiger partial charge on any atom is -0.494 e. The zero-order valence-electron chi connectivity index (χ0n) is 10.0. The van der Waals surface area contributed by atoms with Crippen LogP contribution in [0, 0.1) is 0 Å². The molecule has 0 amide bonds. The Morgan fingerprint density at radius 2 is 2.19 bits per heavy atom. The van der Waals surface area contributed by atoms with Gasteiger partial charge in [-0.05, 0) is 31.0 Å². The lowest BCUT2D eigenvalue weighted by Gasteiger charge is -2.11. The molecule has 0 saturated carbocycles. The molecule has 1 rings (SSSR count). The van der Waals surface area contributed by atoms with Crippen LogP contribution < -0.4 is 4.74 Å². The summed E-state index contributed by atoms with van der Waals surface area (Å²) < 4.78 is 10.2. The molecule has 0 radical (unpaired) electrons. The van der Waals surface area contributed by atoms with Crippen LogP contribution in [0.1, 0.15) is 31.7 Å². The van der Waals surface area contributed by atoms with Crippen LogP contribution in [0.4, 0.5) is 0 Å². The number of carbonyl (C=O) groups is 1. The number of methoxy groups -OCH3 is 1. The fraction of sp³-hybridized carbons (Fsp3) is 0.462. The van der Waals surface area contributed by atoms with Gasteiger partial charge in [-0.1, -0.05) is 19.1 Å². The molecule has 0 N–H and O–H groups in total. The van der Waals surface area contributed by atoms with Crippen molar-refractivity contribution in [2.75, 3.05) is 13.7 Å². The Morgan fingerprint density at radius 3 is 2.81 bits per heavy atom. The number of carbonyl (C=O) groups excluding carboxylic acids is 1. The molecule has 1 aromatic carbocycles. The van der Waals surface area contributed by atoms with E-state index in [1.165, 1.54) is 7.11 Å². The molecule has 0 fully saturated rings. The Morgan fingerprint density at radius 1 is 1.44 bits per heavy atom. The highest BCUT2D eigenvalue weighted by Gasteiger charge is 2.15. The third kappa shape index (κ3) is 3.26. The second kappa shape index (κ2) is 6.16. The first-order chi connectivity index (χ1) is 7.69. The third-order valence-electron chi connectivity index (χ3n) is 2.39. The van der Waals surface area contributed by atoms with Crippen LogP contribution in [-0.4, -0.2) is 19.7 Å². The van der Waals surface area contributed by atoms with Gasteiger partial charge in [0.05, 0.1) is 19.6 Å². The van der Waals surface area contributed by atoms with E-state index < -0.39 is 0 Å². The first kappa shape index (κ1) is 12.6. The van der Waals surface area contributed by atoms with Gasteiger partial charge in [-0.2, -0.15) is 0 Å². The van der Waals surface area contributed by atoms with Gasteiger partial charge in [-0.25, -0.2) is 0 Å². The Bertz CT molecular complexity index is 347. The first-order valence-electron chi connectivity index (χ1n) is 5.49. The van der Waals surface area contributed by atoms with E-state index in [1.54, 1.807) is 0 Å². The van der Waals surface area contributed by atoms with Crippen LogP contribution in [0.15, 0.2) is 24.3 Å². The van der Waals surface area contributed by atoms with Crippen molar-refractivity contribution in [2.24, 2.45) is 0 Å². The molecule has 1 aromatic rings. The predicted molar refractivity (Wildman–Crippen MR) is 62.7 cm³/mol. The summed E-state index contributed by atoms with van der Waals surface area (Å²) in [5, 5.41) is 0. The van der Waals surface area contributed by atoms with Gasteiger partial charge in [-0.15, -0.1) is 0 Å². The van der Waals surface area contributed by atoms with E-state index in [2.05, 4.69) is 6.92 Å². The molecule has 16 heavy (non-hydrogen) atoms. The van der Waals surface area contributed by atoms with E-state index in [0.29, 0.717) is 6.61 Å². The summed E-state index contributed by atoms with van der Waals surface area (Å²) in [5.74, 6) is 0.318. The fourth-order valence-electron chi connectivity index (χ4n) is 1.41. The Kier molecular flexibility index (Phi) is 4.83. The van der Waals surface area contributed by atoms with Crippen molar-refractivity contribution in [3.8, 4) is 5.75 Å². The quantitative estimate of drug-likeness (QED) is 0.719. The SMILES string of the molecule is CCCOc1cccc(C(C)C(=O)OC)c1. The van der Waals surface area contributed by atoms with Gasteiger partial charge in [0.1, 0.15) is 5.75 Å². The van der Waals surface area contributed by atoms with Crippen molar-refractivity contribution < 1.29 is 14.3 Å². The normalized spacial score (nSPS) is 11.9. The summed E-state index contributed by atoms with van der Waals surface area (Å²) in [6.45, 7) is 4.57. The van der Waals surface area contributed by atoms with Crippen molar-refractivity contribution in [3.05, 3.63) is 29.8 Å². The van der Waals surface area contributed by atoms with E-state index in [1.807, 2.05) is 31.2 Å². The van der Waals surface area contributed by atoms with E-state index in [-0.39, 0.29) is 11.9 Å². The summed E-state index contributed by atoms with van der Waals surface area (Å²) in [6, 6.07) is 7.57. The molecule has 88 valence electrons. The molecule has 0 aliphatic rings. The number of benzene rings is 1. The summed E-state index contributed by atoms with van der Waals surface area (Å²) in [7, 11) is 1.40. The van der Waals surface area contributed by atoms with Crippen molar-refractivity contribution in [1.29, 1.82) is 0 Å². The summed E-state index contributed by atoms with van der Waals surface area (Å²) >= 11 is 0. The minimum absolute atomic E-state index is 0.229. The molecule has 0 aromatic heterocycles. The van der Waals surface area contributed by atoms with Crippen LogP contribution in [0.5, 0.6) is 5.75 Å². The van der Waals surface area contributed by atoms with Gasteiger partial charge in [0.25, 0.3) is 0 Å². The van der Waals surface area contributed by atoms with Gasteiger partial charge in [0, 0.05) is 0 Å². The van der Waals surface area contributed by atoms with Gasteiger partial charge >= 0.3 is 5.97 Å². The molecule has 0 spiro atoms. The van der Waals surface area contributed by atoms with Gasteiger partial charge in [0.15, 0.2) is 0 Å². The number of ether oxygens (including phenoxy) is 2. The highest BCUT2D eigenvalue weighted by molar-refractivity contribution is 5.77. The Hall–Kier alpha value is -1.51. The van der Waals surface area contributed by atoms with Crippen molar-refractivity contribution in [2.45, 2.75) is 26.2 Å². The van der Waals surface area contributed by atoms with E-state index in [9.17, 15) is 4.79 Å². The molecule has 1 unspecified atom stereocenters. The molecule has 0 aliphatic carbocycles. The Labute approximate surface area is 96.4 Å². The number of hydrogen-bond donors (Lipinski definition) is 0. The Balaban J connectivity index is 2.77. The van der Waals surface area contributed by atoms with Crippen LogP contribution in [0.2, 0.25) is 0 Å².